The molecule has 1 aromatic carbocycles. The van der Waals surface area contributed by atoms with Crippen LogP contribution in [0, 0.1) is 0 Å². The van der Waals surface area contributed by atoms with Gasteiger partial charge in [0.15, 0.2) is 0 Å². The Balaban J connectivity index is 1.63. The van der Waals surface area contributed by atoms with Crippen molar-refractivity contribution in [3.63, 3.8) is 0 Å². The maximum atomic E-state index is 14.2. The highest BCUT2D eigenvalue weighted by Crippen LogP contribution is 2.33. The molecule has 0 unspecified atom stereocenters. The SMILES string of the molecule is Cn1ccc2cc(-c3cc4c(N[C@@H]5CCC[C@@H]5F)c(C(N)=O)cnn4c3)ccc21. The highest BCUT2D eigenvalue weighted by atomic mass is 19.1. The van der Waals surface area contributed by atoms with E-state index in [1.165, 1.54) is 6.20 Å². The van der Waals surface area contributed by atoms with Gasteiger partial charge in [0.05, 0.1) is 29.0 Å². The van der Waals surface area contributed by atoms with Gasteiger partial charge < -0.3 is 15.6 Å². The van der Waals surface area contributed by atoms with Gasteiger partial charge in [-0.3, -0.25) is 4.79 Å². The molecule has 5 rings (SSSR count). The molecule has 1 fully saturated rings. The summed E-state index contributed by atoms with van der Waals surface area (Å²) in [6.07, 6.45) is 6.55. The van der Waals surface area contributed by atoms with Crippen LogP contribution >= 0.6 is 0 Å². The van der Waals surface area contributed by atoms with Crippen LogP contribution in [0.2, 0.25) is 0 Å². The van der Waals surface area contributed by atoms with Gasteiger partial charge in [-0.1, -0.05) is 6.07 Å². The van der Waals surface area contributed by atoms with Gasteiger partial charge in [-0.2, -0.15) is 5.10 Å². The van der Waals surface area contributed by atoms with Gasteiger partial charge in [-0.15, -0.1) is 0 Å². The van der Waals surface area contributed by atoms with E-state index in [-0.39, 0.29) is 11.6 Å². The van der Waals surface area contributed by atoms with Crippen LogP contribution in [-0.4, -0.2) is 32.3 Å². The van der Waals surface area contributed by atoms with E-state index in [2.05, 4.69) is 39.2 Å². The smallest absolute Gasteiger partial charge is 0.252 e. The summed E-state index contributed by atoms with van der Waals surface area (Å²) >= 11 is 0. The van der Waals surface area contributed by atoms with E-state index in [9.17, 15) is 9.18 Å². The molecule has 1 amide bonds. The first-order valence-corrected chi connectivity index (χ1v) is 9.78. The average Bonchev–Trinajstić information content (AvgIpc) is 3.41. The molecule has 7 heteroatoms. The fourth-order valence-electron chi connectivity index (χ4n) is 4.28. The van der Waals surface area contributed by atoms with E-state index in [0.717, 1.165) is 34.9 Å². The van der Waals surface area contributed by atoms with Crippen molar-refractivity contribution in [2.45, 2.75) is 31.5 Å². The Labute approximate surface area is 167 Å². The van der Waals surface area contributed by atoms with Gasteiger partial charge in [0.25, 0.3) is 5.91 Å². The first-order chi connectivity index (χ1) is 14.0. The lowest BCUT2D eigenvalue weighted by atomic mass is 10.1. The summed E-state index contributed by atoms with van der Waals surface area (Å²) in [6.45, 7) is 0. The zero-order chi connectivity index (χ0) is 20.1. The number of aryl methyl sites for hydroxylation is 1. The Morgan fingerprint density at radius 2 is 2.07 bits per heavy atom. The van der Waals surface area contributed by atoms with Crippen molar-refractivity contribution in [3.05, 3.63) is 54.5 Å². The molecule has 29 heavy (non-hydrogen) atoms. The Morgan fingerprint density at radius 3 is 2.83 bits per heavy atom. The second kappa shape index (κ2) is 6.62. The third kappa shape index (κ3) is 2.93. The van der Waals surface area contributed by atoms with Crippen molar-refractivity contribution in [2.75, 3.05) is 5.32 Å². The molecule has 3 aromatic heterocycles. The molecular formula is C22H22FN5O. The number of aromatic nitrogens is 3. The first-order valence-electron chi connectivity index (χ1n) is 9.78. The van der Waals surface area contributed by atoms with E-state index in [1.807, 2.05) is 25.5 Å². The number of hydrogen-bond acceptors (Lipinski definition) is 3. The molecule has 148 valence electrons. The predicted octanol–water partition coefficient (Wildman–Crippen LogP) is 3.89. The topological polar surface area (TPSA) is 77.3 Å². The summed E-state index contributed by atoms with van der Waals surface area (Å²) in [6, 6.07) is 9.99. The minimum Gasteiger partial charge on any atom is -0.377 e. The van der Waals surface area contributed by atoms with E-state index < -0.39 is 12.1 Å². The number of rotatable bonds is 4. The largest absolute Gasteiger partial charge is 0.377 e. The summed E-state index contributed by atoms with van der Waals surface area (Å²) in [7, 11) is 2.02. The number of benzene rings is 1. The molecule has 0 radical (unpaired) electrons. The van der Waals surface area contributed by atoms with Crippen molar-refractivity contribution in [2.24, 2.45) is 12.8 Å². The molecule has 1 aliphatic carbocycles. The summed E-state index contributed by atoms with van der Waals surface area (Å²) in [5, 5.41) is 8.74. The fourth-order valence-corrected chi connectivity index (χ4v) is 4.28. The number of hydrogen-bond donors (Lipinski definition) is 2. The van der Waals surface area contributed by atoms with Crippen molar-refractivity contribution in [1.82, 2.24) is 14.2 Å². The van der Waals surface area contributed by atoms with Crippen LogP contribution in [0.25, 0.3) is 27.5 Å². The number of halogens is 1. The van der Waals surface area contributed by atoms with Gasteiger partial charge >= 0.3 is 0 Å². The zero-order valence-corrected chi connectivity index (χ0v) is 16.1. The lowest BCUT2D eigenvalue weighted by molar-refractivity contribution is 0.100. The molecule has 3 N–H and O–H groups in total. The van der Waals surface area contributed by atoms with E-state index >= 15 is 0 Å². The number of carbonyl (C=O) groups excluding carboxylic acids is 1. The molecule has 0 spiro atoms. The lowest BCUT2D eigenvalue weighted by Crippen LogP contribution is -2.27. The van der Waals surface area contributed by atoms with Gasteiger partial charge in [-0.25, -0.2) is 8.91 Å². The average molecular weight is 391 g/mol. The molecule has 6 nitrogen and oxygen atoms in total. The summed E-state index contributed by atoms with van der Waals surface area (Å²) in [5.41, 5.74) is 10.3. The first kappa shape index (κ1) is 17.7. The van der Waals surface area contributed by atoms with Crippen LogP contribution in [-0.2, 0) is 7.05 Å². The highest BCUT2D eigenvalue weighted by Gasteiger charge is 2.29. The highest BCUT2D eigenvalue weighted by molar-refractivity contribution is 6.02. The third-order valence-electron chi connectivity index (χ3n) is 5.88. The van der Waals surface area contributed by atoms with Gasteiger partial charge in [0.1, 0.15) is 6.17 Å². The molecule has 0 aliphatic heterocycles. The Morgan fingerprint density at radius 1 is 1.21 bits per heavy atom. The molecule has 1 aliphatic rings. The van der Waals surface area contributed by atoms with E-state index in [4.69, 9.17) is 5.73 Å². The predicted molar refractivity (Wildman–Crippen MR) is 112 cm³/mol. The van der Waals surface area contributed by atoms with Crippen LogP contribution in [0.15, 0.2) is 48.9 Å². The molecule has 3 heterocycles. The third-order valence-corrected chi connectivity index (χ3v) is 5.88. The number of fused-ring (bicyclic) bond motifs is 2. The minimum atomic E-state index is -0.932. The van der Waals surface area contributed by atoms with Crippen LogP contribution in [0.3, 0.4) is 0 Å². The summed E-state index contributed by atoms with van der Waals surface area (Å²) in [5.74, 6) is -0.579. The second-order valence-corrected chi connectivity index (χ2v) is 7.75. The Bertz CT molecular complexity index is 1240. The molecular weight excluding hydrogens is 369 g/mol. The van der Waals surface area contributed by atoms with Crippen molar-refractivity contribution in [3.8, 4) is 11.1 Å². The summed E-state index contributed by atoms with van der Waals surface area (Å²) in [4.78, 5) is 12.0. The Hall–Kier alpha value is -3.35. The summed E-state index contributed by atoms with van der Waals surface area (Å²) < 4.78 is 18.0. The molecule has 4 aromatic rings. The maximum Gasteiger partial charge on any atom is 0.252 e. The van der Waals surface area contributed by atoms with Crippen molar-refractivity contribution < 1.29 is 9.18 Å². The standard InChI is InChI=1S/C22H22FN5O/c1-27-8-7-14-9-13(5-6-19(14)27)15-10-20-21(26-18-4-2-3-17(18)23)16(22(24)29)11-25-28(20)12-15/h5-12,17-18,26H,2-4H2,1H3,(H2,24,29)/t17-,18+/m0/s1. The van der Waals surface area contributed by atoms with E-state index in [1.54, 1.807) is 4.52 Å². The van der Waals surface area contributed by atoms with Gasteiger partial charge in [0.2, 0.25) is 0 Å². The number of carbonyl (C=O) groups is 1. The molecule has 1 saturated carbocycles. The molecule has 2 atom stereocenters. The van der Waals surface area contributed by atoms with Crippen LogP contribution in [0.4, 0.5) is 10.1 Å². The number of amides is 1. The van der Waals surface area contributed by atoms with Crippen LogP contribution in [0.5, 0.6) is 0 Å². The number of nitrogens with two attached hydrogens (primary N) is 1. The number of nitrogens with one attached hydrogen (secondary N) is 1. The number of primary amides is 1. The maximum absolute atomic E-state index is 14.2. The number of anilines is 1. The van der Waals surface area contributed by atoms with Crippen molar-refractivity contribution >= 4 is 28.0 Å². The van der Waals surface area contributed by atoms with E-state index in [0.29, 0.717) is 17.6 Å². The quantitative estimate of drug-likeness (QED) is 0.554. The number of alkyl halides is 1. The normalized spacial score (nSPS) is 19.2. The van der Waals surface area contributed by atoms with Gasteiger partial charge in [-0.05, 0) is 49.1 Å². The fraction of sp³-hybridized carbons (Fsp3) is 0.273. The lowest BCUT2D eigenvalue weighted by Gasteiger charge is -2.19. The Kier molecular flexibility index (Phi) is 4.04. The van der Waals surface area contributed by atoms with Crippen LogP contribution < -0.4 is 11.1 Å². The zero-order valence-electron chi connectivity index (χ0n) is 16.1. The second-order valence-electron chi connectivity index (χ2n) is 7.75. The number of nitrogens with zero attached hydrogens (tertiary/aromatic N) is 3. The monoisotopic (exact) mass is 391 g/mol. The van der Waals surface area contributed by atoms with Gasteiger partial charge in [0, 0.05) is 35.9 Å². The van der Waals surface area contributed by atoms with Crippen molar-refractivity contribution in [1.29, 1.82) is 0 Å². The van der Waals surface area contributed by atoms with Crippen LogP contribution in [0.1, 0.15) is 29.6 Å². The molecule has 0 saturated heterocycles. The molecule has 0 bridgehead atoms. The minimum absolute atomic E-state index is 0.278.